The minimum atomic E-state index is -0.0564. The fraction of sp³-hybridized carbons (Fsp3) is 0.500. The molecule has 4 heteroatoms. The molecule has 1 aromatic carbocycles. The predicted molar refractivity (Wildman–Crippen MR) is 77.0 cm³/mol. The van der Waals surface area contributed by atoms with Crippen molar-refractivity contribution in [3.8, 4) is 0 Å². The van der Waals surface area contributed by atoms with E-state index in [1.165, 1.54) is 5.56 Å². The van der Waals surface area contributed by atoms with Gasteiger partial charge in [-0.15, -0.1) is 0 Å². The first-order valence-corrected chi connectivity index (χ1v) is 6.24. The molecule has 0 aliphatic rings. The maximum Gasteiger partial charge on any atom is 0.227 e. The van der Waals surface area contributed by atoms with E-state index in [1.54, 1.807) is 0 Å². The molecule has 0 spiro atoms. The van der Waals surface area contributed by atoms with Crippen LogP contribution < -0.4 is 16.0 Å². The third-order valence-electron chi connectivity index (χ3n) is 3.01. The van der Waals surface area contributed by atoms with Crippen LogP contribution in [0.15, 0.2) is 18.2 Å². The lowest BCUT2D eigenvalue weighted by Crippen LogP contribution is -2.23. The van der Waals surface area contributed by atoms with Gasteiger partial charge in [0.15, 0.2) is 0 Å². The molecule has 1 aromatic rings. The number of nitrogens with one attached hydrogen (secondary N) is 1. The Kier molecular flexibility index (Phi) is 5.16. The number of hydrogen-bond donors (Lipinski definition) is 2. The van der Waals surface area contributed by atoms with Crippen LogP contribution in [-0.4, -0.2) is 26.5 Å². The highest BCUT2D eigenvalue weighted by atomic mass is 16.1. The largest absolute Gasteiger partial charge is 0.377 e. The number of rotatable bonds is 5. The lowest BCUT2D eigenvalue weighted by Gasteiger charge is -2.18. The molecule has 0 heterocycles. The number of carbonyl (C=O) groups excluding carboxylic acids is 1. The lowest BCUT2D eigenvalue weighted by atomic mass is 10.1. The van der Waals surface area contributed by atoms with Gasteiger partial charge in [-0.05, 0) is 37.6 Å². The SMILES string of the molecule is Cc1ccc(NC(=O)C(C)CCN)cc1N(C)C. The Morgan fingerprint density at radius 2 is 2.11 bits per heavy atom. The van der Waals surface area contributed by atoms with Crippen molar-refractivity contribution in [2.45, 2.75) is 20.3 Å². The molecule has 0 saturated carbocycles. The van der Waals surface area contributed by atoms with Crippen molar-refractivity contribution in [1.82, 2.24) is 0 Å². The van der Waals surface area contributed by atoms with Crippen molar-refractivity contribution >= 4 is 17.3 Å². The number of anilines is 2. The highest BCUT2D eigenvalue weighted by molar-refractivity contribution is 5.92. The lowest BCUT2D eigenvalue weighted by molar-refractivity contribution is -0.119. The van der Waals surface area contributed by atoms with Crippen molar-refractivity contribution < 1.29 is 4.79 Å². The van der Waals surface area contributed by atoms with E-state index in [-0.39, 0.29) is 11.8 Å². The molecule has 1 amide bonds. The van der Waals surface area contributed by atoms with E-state index in [9.17, 15) is 4.79 Å². The molecule has 1 rings (SSSR count). The molecule has 1 unspecified atom stereocenters. The Morgan fingerprint density at radius 1 is 1.44 bits per heavy atom. The van der Waals surface area contributed by atoms with Gasteiger partial charge in [-0.2, -0.15) is 0 Å². The minimum absolute atomic E-state index is 0.0222. The van der Waals surface area contributed by atoms with Gasteiger partial charge < -0.3 is 16.0 Å². The van der Waals surface area contributed by atoms with Crippen LogP contribution in [0.4, 0.5) is 11.4 Å². The van der Waals surface area contributed by atoms with Crippen molar-refractivity contribution in [3.05, 3.63) is 23.8 Å². The first-order chi connectivity index (χ1) is 8.45. The number of nitrogens with zero attached hydrogens (tertiary/aromatic N) is 1. The Balaban J connectivity index is 2.79. The summed E-state index contributed by atoms with van der Waals surface area (Å²) < 4.78 is 0. The summed E-state index contributed by atoms with van der Waals surface area (Å²) in [6.45, 7) is 4.48. The van der Waals surface area contributed by atoms with Crippen LogP contribution in [0.25, 0.3) is 0 Å². The molecule has 0 saturated heterocycles. The van der Waals surface area contributed by atoms with Crippen molar-refractivity contribution in [2.75, 3.05) is 30.9 Å². The summed E-state index contributed by atoms with van der Waals surface area (Å²) >= 11 is 0. The van der Waals surface area contributed by atoms with Crippen molar-refractivity contribution in [2.24, 2.45) is 11.7 Å². The Bertz CT molecular complexity index is 416. The Hall–Kier alpha value is -1.55. The van der Waals surface area contributed by atoms with E-state index in [2.05, 4.69) is 12.2 Å². The second-order valence-electron chi connectivity index (χ2n) is 4.86. The van der Waals surface area contributed by atoms with Gasteiger partial charge in [-0.1, -0.05) is 13.0 Å². The number of carbonyl (C=O) groups is 1. The minimum Gasteiger partial charge on any atom is -0.377 e. The summed E-state index contributed by atoms with van der Waals surface area (Å²) in [4.78, 5) is 13.9. The number of nitrogens with two attached hydrogens (primary N) is 1. The van der Waals surface area contributed by atoms with Crippen molar-refractivity contribution in [1.29, 1.82) is 0 Å². The van der Waals surface area contributed by atoms with Crippen LogP contribution in [0.1, 0.15) is 18.9 Å². The van der Waals surface area contributed by atoms with Gasteiger partial charge in [0.05, 0.1) is 0 Å². The molecule has 1 atom stereocenters. The Morgan fingerprint density at radius 3 is 2.67 bits per heavy atom. The molecule has 0 fully saturated rings. The van der Waals surface area contributed by atoms with E-state index in [1.807, 2.05) is 44.1 Å². The third-order valence-corrected chi connectivity index (χ3v) is 3.01. The van der Waals surface area contributed by atoms with Crippen LogP contribution in [-0.2, 0) is 4.79 Å². The van der Waals surface area contributed by atoms with Gasteiger partial charge in [0.25, 0.3) is 0 Å². The summed E-state index contributed by atoms with van der Waals surface area (Å²) in [5.74, 6) is -0.0341. The Labute approximate surface area is 109 Å². The highest BCUT2D eigenvalue weighted by Crippen LogP contribution is 2.23. The maximum atomic E-state index is 11.9. The molecular formula is C14H23N3O. The maximum absolute atomic E-state index is 11.9. The molecule has 0 bridgehead atoms. The van der Waals surface area contributed by atoms with Crippen LogP contribution in [0, 0.1) is 12.8 Å². The number of aryl methyl sites for hydroxylation is 1. The van der Waals surface area contributed by atoms with Crippen LogP contribution in [0.5, 0.6) is 0 Å². The number of amides is 1. The van der Waals surface area contributed by atoms with E-state index < -0.39 is 0 Å². The molecule has 0 radical (unpaired) electrons. The number of hydrogen-bond acceptors (Lipinski definition) is 3. The predicted octanol–water partition coefficient (Wildman–Crippen LogP) is 1.98. The van der Waals surface area contributed by atoms with Gasteiger partial charge in [-0.25, -0.2) is 0 Å². The molecule has 0 aromatic heterocycles. The fourth-order valence-corrected chi connectivity index (χ4v) is 1.82. The second kappa shape index (κ2) is 6.40. The summed E-state index contributed by atoms with van der Waals surface area (Å²) in [6.07, 6.45) is 0.707. The first-order valence-electron chi connectivity index (χ1n) is 6.24. The quantitative estimate of drug-likeness (QED) is 0.839. The number of benzene rings is 1. The summed E-state index contributed by atoms with van der Waals surface area (Å²) in [5.41, 5.74) is 8.59. The average molecular weight is 249 g/mol. The highest BCUT2D eigenvalue weighted by Gasteiger charge is 2.12. The molecule has 0 aliphatic carbocycles. The van der Waals surface area contributed by atoms with Crippen LogP contribution in [0.3, 0.4) is 0 Å². The van der Waals surface area contributed by atoms with Crippen molar-refractivity contribution in [3.63, 3.8) is 0 Å². The standard InChI is InChI=1S/C14H23N3O/c1-10-5-6-12(9-13(10)17(3)4)16-14(18)11(2)7-8-15/h5-6,9,11H,7-8,15H2,1-4H3,(H,16,18). The fourth-order valence-electron chi connectivity index (χ4n) is 1.82. The average Bonchev–Trinajstić information content (AvgIpc) is 2.31. The van der Waals surface area contributed by atoms with E-state index in [0.29, 0.717) is 13.0 Å². The smallest absolute Gasteiger partial charge is 0.227 e. The summed E-state index contributed by atoms with van der Waals surface area (Å²) in [7, 11) is 3.98. The monoisotopic (exact) mass is 249 g/mol. The second-order valence-corrected chi connectivity index (χ2v) is 4.86. The van der Waals surface area contributed by atoms with Gasteiger partial charge in [-0.3, -0.25) is 4.79 Å². The van der Waals surface area contributed by atoms with Gasteiger partial charge in [0.1, 0.15) is 0 Å². The molecule has 18 heavy (non-hydrogen) atoms. The zero-order valence-corrected chi connectivity index (χ0v) is 11.7. The molecular weight excluding hydrogens is 226 g/mol. The summed E-state index contributed by atoms with van der Waals surface area (Å²) in [6, 6.07) is 5.93. The zero-order chi connectivity index (χ0) is 13.7. The van der Waals surface area contributed by atoms with E-state index >= 15 is 0 Å². The molecule has 100 valence electrons. The van der Waals surface area contributed by atoms with Gasteiger partial charge >= 0.3 is 0 Å². The topological polar surface area (TPSA) is 58.4 Å². The molecule has 0 aliphatic heterocycles. The zero-order valence-electron chi connectivity index (χ0n) is 11.7. The molecule has 3 N–H and O–H groups in total. The summed E-state index contributed by atoms with van der Waals surface area (Å²) in [5, 5.41) is 2.93. The van der Waals surface area contributed by atoms with Gasteiger partial charge in [0, 0.05) is 31.4 Å². The van der Waals surface area contributed by atoms with E-state index in [0.717, 1.165) is 11.4 Å². The normalized spacial score (nSPS) is 12.1. The molecule has 4 nitrogen and oxygen atoms in total. The van der Waals surface area contributed by atoms with Gasteiger partial charge in [0.2, 0.25) is 5.91 Å². The van der Waals surface area contributed by atoms with Crippen LogP contribution in [0.2, 0.25) is 0 Å². The first kappa shape index (κ1) is 14.5. The van der Waals surface area contributed by atoms with Crippen LogP contribution >= 0.6 is 0 Å². The third kappa shape index (κ3) is 3.74. The van der Waals surface area contributed by atoms with E-state index in [4.69, 9.17) is 5.73 Å².